The van der Waals surface area contributed by atoms with Crippen LogP contribution in [0.25, 0.3) is 0 Å². The number of rotatable bonds is 6. The monoisotopic (exact) mass is 337 g/mol. The van der Waals surface area contributed by atoms with E-state index >= 15 is 0 Å². The molecule has 0 radical (unpaired) electrons. The van der Waals surface area contributed by atoms with Gasteiger partial charge in [0.25, 0.3) is 0 Å². The van der Waals surface area contributed by atoms with Gasteiger partial charge in [-0.25, -0.2) is 4.98 Å². The summed E-state index contributed by atoms with van der Waals surface area (Å²) in [5, 5.41) is 0.695. The van der Waals surface area contributed by atoms with E-state index in [0.29, 0.717) is 16.8 Å². The van der Waals surface area contributed by atoms with Gasteiger partial charge in [-0.05, 0) is 54.7 Å². The van der Waals surface area contributed by atoms with Crippen LogP contribution in [-0.4, -0.2) is 4.98 Å². The highest BCUT2D eigenvalue weighted by molar-refractivity contribution is 6.30. The van der Waals surface area contributed by atoms with Crippen LogP contribution in [0.15, 0.2) is 72.9 Å². The molecule has 0 unspecified atom stereocenters. The van der Waals surface area contributed by atoms with Crippen LogP contribution >= 0.6 is 11.6 Å². The van der Waals surface area contributed by atoms with Gasteiger partial charge in [-0.2, -0.15) is 0 Å². The molecule has 1 aromatic heterocycles. The van der Waals surface area contributed by atoms with Crippen LogP contribution in [0.5, 0.6) is 11.6 Å². The van der Waals surface area contributed by atoms with Crippen molar-refractivity contribution in [2.24, 2.45) is 0 Å². The first kappa shape index (κ1) is 16.5. The topological polar surface area (TPSA) is 22.1 Å². The average molecular weight is 338 g/mol. The number of ether oxygens (including phenoxy) is 1. The van der Waals surface area contributed by atoms with E-state index in [4.69, 9.17) is 16.3 Å². The van der Waals surface area contributed by atoms with Gasteiger partial charge in [0.1, 0.15) is 5.75 Å². The van der Waals surface area contributed by atoms with Crippen LogP contribution in [0, 0.1) is 0 Å². The molecule has 1 heterocycles. The number of hydrogen-bond acceptors (Lipinski definition) is 2. The molecule has 0 saturated carbocycles. The van der Waals surface area contributed by atoms with Crippen LogP contribution in [0.1, 0.15) is 30.4 Å². The Hall–Kier alpha value is -2.32. The standard InChI is InChI=1S/C21H20ClNO/c1-16(17-6-3-2-4-7-17)9-10-18-8-5-15-23-21(18)24-20-13-11-19(22)12-14-20/h2-8,11-16H,9-10H2,1H3/t16-/m0/s1. The third-order valence-electron chi connectivity index (χ3n) is 4.09. The Bertz CT molecular complexity index is 771. The number of halogens is 1. The molecule has 0 spiro atoms. The van der Waals surface area contributed by atoms with Crippen LogP contribution in [0.4, 0.5) is 0 Å². The SMILES string of the molecule is C[C@@H](CCc1cccnc1Oc1ccc(Cl)cc1)c1ccccc1. The maximum atomic E-state index is 5.93. The Morgan fingerprint density at radius 3 is 2.46 bits per heavy atom. The Balaban J connectivity index is 1.69. The highest BCUT2D eigenvalue weighted by Gasteiger charge is 2.10. The number of benzene rings is 2. The molecule has 0 fully saturated rings. The van der Waals surface area contributed by atoms with E-state index in [9.17, 15) is 0 Å². The fraction of sp³-hybridized carbons (Fsp3) is 0.190. The quantitative estimate of drug-likeness (QED) is 0.529. The molecule has 0 aliphatic heterocycles. The fourth-order valence-corrected chi connectivity index (χ4v) is 2.77. The normalized spacial score (nSPS) is 11.9. The van der Waals surface area contributed by atoms with Crippen LogP contribution in [-0.2, 0) is 6.42 Å². The Labute approximate surface area is 148 Å². The minimum Gasteiger partial charge on any atom is -0.439 e. The summed E-state index contributed by atoms with van der Waals surface area (Å²) in [7, 11) is 0. The van der Waals surface area contributed by atoms with Crippen LogP contribution in [0.3, 0.4) is 0 Å². The number of aryl methyl sites for hydroxylation is 1. The lowest BCUT2D eigenvalue weighted by atomic mass is 9.94. The van der Waals surface area contributed by atoms with Crippen molar-refractivity contribution >= 4 is 11.6 Å². The molecule has 2 nitrogen and oxygen atoms in total. The lowest BCUT2D eigenvalue weighted by molar-refractivity contribution is 0.454. The van der Waals surface area contributed by atoms with E-state index in [1.54, 1.807) is 6.20 Å². The van der Waals surface area contributed by atoms with Crippen molar-refractivity contribution in [3.05, 3.63) is 89.1 Å². The molecule has 122 valence electrons. The lowest BCUT2D eigenvalue weighted by Gasteiger charge is -2.14. The minimum absolute atomic E-state index is 0.495. The second kappa shape index (κ2) is 7.98. The van der Waals surface area contributed by atoms with Gasteiger partial charge in [0.15, 0.2) is 0 Å². The summed E-state index contributed by atoms with van der Waals surface area (Å²) in [6.45, 7) is 2.26. The van der Waals surface area contributed by atoms with Crippen molar-refractivity contribution in [1.82, 2.24) is 4.98 Å². The minimum atomic E-state index is 0.495. The molecule has 3 heteroatoms. The molecule has 0 amide bonds. The zero-order valence-corrected chi connectivity index (χ0v) is 14.4. The summed E-state index contributed by atoms with van der Waals surface area (Å²) < 4.78 is 5.93. The molecule has 0 bridgehead atoms. The summed E-state index contributed by atoms with van der Waals surface area (Å²) in [6, 6.07) is 22.0. The molecule has 0 aliphatic carbocycles. The average Bonchev–Trinajstić information content (AvgIpc) is 2.63. The third kappa shape index (κ3) is 4.36. The molecule has 1 atom stereocenters. The first-order valence-electron chi connectivity index (χ1n) is 8.14. The smallest absolute Gasteiger partial charge is 0.222 e. The molecular formula is C21H20ClNO. The summed E-state index contributed by atoms with van der Waals surface area (Å²) in [5.74, 6) is 1.91. The van der Waals surface area contributed by atoms with Crippen molar-refractivity contribution in [1.29, 1.82) is 0 Å². The molecule has 3 aromatic rings. The van der Waals surface area contributed by atoms with Gasteiger partial charge in [-0.3, -0.25) is 0 Å². The van der Waals surface area contributed by atoms with E-state index in [1.165, 1.54) is 5.56 Å². The Morgan fingerprint density at radius 2 is 1.71 bits per heavy atom. The van der Waals surface area contributed by atoms with Gasteiger partial charge in [-0.1, -0.05) is 54.9 Å². The van der Waals surface area contributed by atoms with Gasteiger partial charge < -0.3 is 4.74 Å². The van der Waals surface area contributed by atoms with E-state index in [0.717, 1.165) is 24.2 Å². The molecular weight excluding hydrogens is 318 g/mol. The summed E-state index contributed by atoms with van der Waals surface area (Å²) in [5.41, 5.74) is 2.48. The summed E-state index contributed by atoms with van der Waals surface area (Å²) in [4.78, 5) is 4.39. The van der Waals surface area contributed by atoms with Gasteiger partial charge in [0, 0.05) is 16.8 Å². The number of aromatic nitrogens is 1. The molecule has 0 saturated heterocycles. The van der Waals surface area contributed by atoms with Crippen molar-refractivity contribution in [3.8, 4) is 11.6 Å². The summed E-state index contributed by atoms with van der Waals surface area (Å²) in [6.07, 6.45) is 3.73. The van der Waals surface area contributed by atoms with Crippen LogP contribution in [0.2, 0.25) is 5.02 Å². The van der Waals surface area contributed by atoms with Crippen LogP contribution < -0.4 is 4.74 Å². The number of hydrogen-bond donors (Lipinski definition) is 0. The van der Waals surface area contributed by atoms with Gasteiger partial charge in [0.2, 0.25) is 5.88 Å². The molecule has 24 heavy (non-hydrogen) atoms. The Kier molecular flexibility index (Phi) is 5.50. The fourth-order valence-electron chi connectivity index (χ4n) is 2.64. The Morgan fingerprint density at radius 1 is 0.958 bits per heavy atom. The lowest BCUT2D eigenvalue weighted by Crippen LogP contribution is -1.99. The predicted molar refractivity (Wildman–Crippen MR) is 98.9 cm³/mol. The second-order valence-electron chi connectivity index (χ2n) is 5.87. The predicted octanol–water partition coefficient (Wildman–Crippen LogP) is 6.26. The first-order chi connectivity index (χ1) is 11.7. The number of nitrogens with zero attached hydrogens (tertiary/aromatic N) is 1. The highest BCUT2D eigenvalue weighted by atomic mass is 35.5. The largest absolute Gasteiger partial charge is 0.439 e. The second-order valence-corrected chi connectivity index (χ2v) is 6.31. The van der Waals surface area contributed by atoms with Crippen molar-refractivity contribution in [3.63, 3.8) is 0 Å². The van der Waals surface area contributed by atoms with Gasteiger partial charge >= 0.3 is 0 Å². The third-order valence-corrected chi connectivity index (χ3v) is 4.35. The van der Waals surface area contributed by atoms with E-state index < -0.39 is 0 Å². The van der Waals surface area contributed by atoms with Crippen molar-refractivity contribution in [2.45, 2.75) is 25.7 Å². The van der Waals surface area contributed by atoms with Crippen molar-refractivity contribution in [2.75, 3.05) is 0 Å². The van der Waals surface area contributed by atoms with Crippen molar-refractivity contribution < 1.29 is 4.74 Å². The maximum absolute atomic E-state index is 5.93. The zero-order valence-electron chi connectivity index (χ0n) is 13.7. The highest BCUT2D eigenvalue weighted by Crippen LogP contribution is 2.27. The molecule has 3 rings (SSSR count). The van der Waals surface area contributed by atoms with Gasteiger partial charge in [0.05, 0.1) is 0 Å². The molecule has 0 aliphatic rings. The zero-order chi connectivity index (χ0) is 16.8. The van der Waals surface area contributed by atoms with E-state index in [-0.39, 0.29) is 0 Å². The molecule has 2 aromatic carbocycles. The van der Waals surface area contributed by atoms with Gasteiger partial charge in [-0.15, -0.1) is 0 Å². The van der Waals surface area contributed by atoms with E-state index in [2.05, 4.69) is 48.3 Å². The van der Waals surface area contributed by atoms with E-state index in [1.807, 2.05) is 30.3 Å². The summed E-state index contributed by atoms with van der Waals surface area (Å²) >= 11 is 5.92. The number of pyridine rings is 1. The first-order valence-corrected chi connectivity index (χ1v) is 8.52. The molecule has 0 N–H and O–H groups in total. The maximum Gasteiger partial charge on any atom is 0.222 e.